The van der Waals surface area contributed by atoms with E-state index >= 15 is 0 Å². The van der Waals surface area contributed by atoms with Gasteiger partial charge in [0.2, 0.25) is 5.91 Å². The third kappa shape index (κ3) is 8.02. The molecule has 0 unspecified atom stereocenters. The molecule has 1 amide bonds. The normalized spacial score (nSPS) is 11.4. The number of ether oxygens (including phenoxy) is 2. The largest absolute Gasteiger partial charge is 0.481 e. The van der Waals surface area contributed by atoms with Crippen molar-refractivity contribution in [2.75, 3.05) is 33.5 Å². The highest BCUT2D eigenvalue weighted by atomic mass is 16.5. The summed E-state index contributed by atoms with van der Waals surface area (Å²) in [7, 11) is 1.63. The van der Waals surface area contributed by atoms with Crippen LogP contribution in [-0.4, -0.2) is 50.5 Å². The summed E-state index contributed by atoms with van der Waals surface area (Å²) < 4.78 is 10.2. The van der Waals surface area contributed by atoms with E-state index in [1.165, 1.54) is 0 Å². The Bertz CT molecular complexity index is 302. The van der Waals surface area contributed by atoms with Gasteiger partial charge in [-0.25, -0.2) is 0 Å². The summed E-state index contributed by atoms with van der Waals surface area (Å²) in [6.07, 6.45) is 2.63. The molecule has 124 valence electrons. The number of hydrogen-bond acceptors (Lipinski definition) is 4. The average molecular weight is 303 g/mol. The van der Waals surface area contributed by atoms with Crippen LogP contribution in [0.3, 0.4) is 0 Å². The highest BCUT2D eigenvalue weighted by Crippen LogP contribution is 2.30. The third-order valence-electron chi connectivity index (χ3n) is 3.78. The van der Waals surface area contributed by atoms with E-state index in [0.29, 0.717) is 39.2 Å². The number of carbonyl (C=O) groups is 2. The second-order valence-electron chi connectivity index (χ2n) is 5.13. The van der Waals surface area contributed by atoms with Crippen molar-refractivity contribution < 1.29 is 24.2 Å². The number of aliphatic carboxylic acids is 1. The number of hydrogen-bond donors (Lipinski definition) is 2. The van der Waals surface area contributed by atoms with Crippen molar-refractivity contribution in [3.63, 3.8) is 0 Å². The van der Waals surface area contributed by atoms with Crippen molar-refractivity contribution in [1.82, 2.24) is 5.32 Å². The molecule has 0 saturated carbocycles. The van der Waals surface area contributed by atoms with Crippen molar-refractivity contribution in [1.29, 1.82) is 0 Å². The van der Waals surface area contributed by atoms with Crippen molar-refractivity contribution in [3.05, 3.63) is 0 Å². The fraction of sp³-hybridized carbons (Fsp3) is 0.867. The Balaban J connectivity index is 3.82. The number of nitrogens with one attached hydrogen (secondary N) is 1. The molecule has 0 aromatic rings. The lowest BCUT2D eigenvalue weighted by molar-refractivity contribution is -0.152. The van der Waals surface area contributed by atoms with Crippen LogP contribution < -0.4 is 5.32 Å². The first-order valence-corrected chi connectivity index (χ1v) is 7.59. The number of carboxylic acids is 1. The molecule has 0 saturated heterocycles. The van der Waals surface area contributed by atoms with E-state index in [1.54, 1.807) is 7.11 Å². The number of carboxylic acid groups (broad SMARTS) is 1. The third-order valence-corrected chi connectivity index (χ3v) is 3.78. The van der Waals surface area contributed by atoms with Gasteiger partial charge in [-0.1, -0.05) is 13.8 Å². The van der Waals surface area contributed by atoms with E-state index in [9.17, 15) is 14.7 Å². The van der Waals surface area contributed by atoms with Crippen LogP contribution in [0.1, 0.15) is 46.0 Å². The molecule has 6 nitrogen and oxygen atoms in total. The number of unbranched alkanes of at least 4 members (excludes halogenated alkanes) is 1. The van der Waals surface area contributed by atoms with E-state index < -0.39 is 11.4 Å². The smallest absolute Gasteiger partial charge is 0.310 e. The highest BCUT2D eigenvalue weighted by molar-refractivity contribution is 5.84. The van der Waals surface area contributed by atoms with Crippen LogP contribution in [0.15, 0.2) is 0 Å². The van der Waals surface area contributed by atoms with E-state index in [0.717, 1.165) is 12.8 Å². The van der Waals surface area contributed by atoms with Gasteiger partial charge >= 0.3 is 5.97 Å². The molecule has 0 fully saturated rings. The molecule has 0 spiro atoms. The highest BCUT2D eigenvalue weighted by Gasteiger charge is 2.36. The summed E-state index contributed by atoms with van der Waals surface area (Å²) >= 11 is 0. The Morgan fingerprint density at radius 1 is 1.10 bits per heavy atom. The van der Waals surface area contributed by atoms with Crippen LogP contribution >= 0.6 is 0 Å². The first-order valence-electron chi connectivity index (χ1n) is 7.59. The molecular formula is C15H29NO5. The SMILES string of the molecule is CCC(CC)(CC(=O)NCCCCOCCOC)C(=O)O. The van der Waals surface area contributed by atoms with E-state index in [4.69, 9.17) is 9.47 Å². The molecule has 0 aliphatic carbocycles. The molecule has 0 radical (unpaired) electrons. The van der Waals surface area contributed by atoms with Gasteiger partial charge in [0.15, 0.2) is 0 Å². The first kappa shape index (κ1) is 19.9. The molecule has 0 aliphatic rings. The molecule has 0 atom stereocenters. The minimum Gasteiger partial charge on any atom is -0.481 e. The summed E-state index contributed by atoms with van der Waals surface area (Å²) in [5, 5.41) is 12.1. The molecule has 0 bridgehead atoms. The zero-order valence-corrected chi connectivity index (χ0v) is 13.4. The summed E-state index contributed by atoms with van der Waals surface area (Å²) in [4.78, 5) is 23.1. The summed E-state index contributed by atoms with van der Waals surface area (Å²) in [6.45, 7) is 5.97. The Morgan fingerprint density at radius 2 is 1.76 bits per heavy atom. The zero-order chi connectivity index (χ0) is 16.1. The molecule has 0 aliphatic heterocycles. The number of carbonyl (C=O) groups excluding carboxylic acids is 1. The predicted octanol–water partition coefficient (Wildman–Crippen LogP) is 1.83. The van der Waals surface area contributed by atoms with Gasteiger partial charge in [0, 0.05) is 26.7 Å². The van der Waals surface area contributed by atoms with Gasteiger partial charge in [-0.15, -0.1) is 0 Å². The first-order chi connectivity index (χ1) is 10.0. The summed E-state index contributed by atoms with van der Waals surface area (Å²) in [5.74, 6) is -1.09. The van der Waals surface area contributed by atoms with Crippen molar-refractivity contribution in [2.45, 2.75) is 46.0 Å². The van der Waals surface area contributed by atoms with Gasteiger partial charge in [-0.3, -0.25) is 9.59 Å². The molecular weight excluding hydrogens is 274 g/mol. The van der Waals surface area contributed by atoms with Gasteiger partial charge in [0.05, 0.1) is 18.6 Å². The van der Waals surface area contributed by atoms with Crippen LogP contribution in [0.4, 0.5) is 0 Å². The topological polar surface area (TPSA) is 84.9 Å². The van der Waals surface area contributed by atoms with E-state index in [2.05, 4.69) is 5.32 Å². The molecule has 2 N–H and O–H groups in total. The predicted molar refractivity (Wildman–Crippen MR) is 80.2 cm³/mol. The Morgan fingerprint density at radius 3 is 2.29 bits per heavy atom. The van der Waals surface area contributed by atoms with E-state index in [-0.39, 0.29) is 12.3 Å². The van der Waals surface area contributed by atoms with Crippen LogP contribution in [0.25, 0.3) is 0 Å². The van der Waals surface area contributed by atoms with Gasteiger partial charge < -0.3 is 19.9 Å². The van der Waals surface area contributed by atoms with Gasteiger partial charge in [-0.05, 0) is 25.7 Å². The second-order valence-corrected chi connectivity index (χ2v) is 5.13. The van der Waals surface area contributed by atoms with Crippen LogP contribution in [0.5, 0.6) is 0 Å². The minimum absolute atomic E-state index is 0.0413. The Labute approximate surface area is 127 Å². The molecule has 21 heavy (non-hydrogen) atoms. The lowest BCUT2D eigenvalue weighted by atomic mass is 9.79. The Hall–Kier alpha value is -1.14. The maximum absolute atomic E-state index is 11.8. The van der Waals surface area contributed by atoms with Crippen molar-refractivity contribution in [2.24, 2.45) is 5.41 Å². The fourth-order valence-electron chi connectivity index (χ4n) is 2.05. The van der Waals surface area contributed by atoms with Crippen molar-refractivity contribution in [3.8, 4) is 0 Å². The quantitative estimate of drug-likeness (QED) is 0.507. The van der Waals surface area contributed by atoms with Crippen LogP contribution in [0.2, 0.25) is 0 Å². The van der Waals surface area contributed by atoms with Gasteiger partial charge in [-0.2, -0.15) is 0 Å². The van der Waals surface area contributed by atoms with Crippen LogP contribution in [0, 0.1) is 5.41 Å². The lowest BCUT2D eigenvalue weighted by Gasteiger charge is -2.25. The lowest BCUT2D eigenvalue weighted by Crippen LogP contribution is -2.37. The maximum atomic E-state index is 11.8. The number of methoxy groups -OCH3 is 1. The number of amides is 1. The second kappa shape index (κ2) is 11.5. The van der Waals surface area contributed by atoms with E-state index in [1.807, 2.05) is 13.8 Å². The monoisotopic (exact) mass is 303 g/mol. The van der Waals surface area contributed by atoms with Crippen LogP contribution in [-0.2, 0) is 19.1 Å². The molecule has 0 rings (SSSR count). The van der Waals surface area contributed by atoms with Gasteiger partial charge in [0.25, 0.3) is 0 Å². The molecule has 0 aromatic carbocycles. The number of rotatable bonds is 13. The molecule has 0 aromatic heterocycles. The standard InChI is InChI=1S/C15H29NO5/c1-4-15(5-2,14(18)19)12-13(17)16-8-6-7-9-21-11-10-20-3/h4-12H2,1-3H3,(H,16,17)(H,18,19). The molecule has 6 heteroatoms. The fourth-order valence-corrected chi connectivity index (χ4v) is 2.05. The molecule has 0 heterocycles. The minimum atomic E-state index is -0.937. The average Bonchev–Trinajstić information content (AvgIpc) is 2.47. The summed E-state index contributed by atoms with van der Waals surface area (Å²) in [6, 6.07) is 0. The summed E-state index contributed by atoms with van der Waals surface area (Å²) in [5.41, 5.74) is -0.937. The maximum Gasteiger partial charge on any atom is 0.310 e. The zero-order valence-electron chi connectivity index (χ0n) is 13.4. The van der Waals surface area contributed by atoms with Crippen molar-refractivity contribution >= 4 is 11.9 Å². The Kier molecular flexibility index (Phi) is 10.9. The van der Waals surface area contributed by atoms with Gasteiger partial charge in [0.1, 0.15) is 0 Å².